The molecule has 0 aliphatic carbocycles. The number of ether oxygens (including phenoxy) is 1. The minimum absolute atomic E-state index is 0. The molecule has 0 aromatic carbocycles. The van der Waals surface area contributed by atoms with Gasteiger partial charge in [0.05, 0.1) is 31.0 Å². The average molecular weight is 314 g/mol. The van der Waals surface area contributed by atoms with Crippen LogP contribution in [0, 0.1) is 0 Å². The predicted octanol–water partition coefficient (Wildman–Crippen LogP) is 0.981. The van der Waals surface area contributed by atoms with Gasteiger partial charge in [-0.05, 0) is 0 Å². The van der Waals surface area contributed by atoms with Crippen molar-refractivity contribution in [3.05, 3.63) is 16.6 Å². The molecule has 104 valence electrons. The molecule has 2 heterocycles. The number of nitrogens with one attached hydrogen (secondary N) is 2. The lowest BCUT2D eigenvalue weighted by Gasteiger charge is -2.23. The first-order valence-corrected chi connectivity index (χ1v) is 6.24. The highest BCUT2D eigenvalue weighted by molar-refractivity contribution is 7.07. The SMILES string of the molecule is Cl.Cl.O=C(CC1COCCN1)NCc1cscn1. The lowest BCUT2D eigenvalue weighted by atomic mass is 10.2. The highest BCUT2D eigenvalue weighted by Gasteiger charge is 2.16. The Bertz CT molecular complexity index is 332. The van der Waals surface area contributed by atoms with E-state index in [1.807, 2.05) is 5.38 Å². The van der Waals surface area contributed by atoms with Crippen LogP contribution in [0.15, 0.2) is 10.9 Å². The van der Waals surface area contributed by atoms with E-state index in [-0.39, 0.29) is 36.8 Å². The predicted molar refractivity (Wildman–Crippen MR) is 75.7 cm³/mol. The van der Waals surface area contributed by atoms with Crippen molar-refractivity contribution in [2.24, 2.45) is 0 Å². The van der Waals surface area contributed by atoms with Crippen molar-refractivity contribution >= 4 is 42.1 Å². The normalized spacial score (nSPS) is 18.3. The molecular formula is C10H17Cl2N3O2S. The number of morpholine rings is 1. The smallest absolute Gasteiger partial charge is 0.221 e. The van der Waals surface area contributed by atoms with Crippen molar-refractivity contribution in [2.75, 3.05) is 19.8 Å². The van der Waals surface area contributed by atoms with Crippen molar-refractivity contribution < 1.29 is 9.53 Å². The second-order valence-electron chi connectivity index (χ2n) is 3.69. The number of aromatic nitrogens is 1. The van der Waals surface area contributed by atoms with Gasteiger partial charge in [-0.15, -0.1) is 36.2 Å². The van der Waals surface area contributed by atoms with Gasteiger partial charge in [0.1, 0.15) is 0 Å². The van der Waals surface area contributed by atoms with Crippen LogP contribution in [0.2, 0.25) is 0 Å². The minimum atomic E-state index is 0. The second-order valence-corrected chi connectivity index (χ2v) is 4.41. The van der Waals surface area contributed by atoms with Gasteiger partial charge in [0, 0.05) is 24.4 Å². The lowest BCUT2D eigenvalue weighted by Crippen LogP contribution is -2.44. The number of carbonyl (C=O) groups is 1. The third-order valence-electron chi connectivity index (χ3n) is 2.38. The van der Waals surface area contributed by atoms with Crippen LogP contribution in [-0.2, 0) is 16.1 Å². The molecule has 1 fully saturated rings. The Morgan fingerprint density at radius 1 is 1.61 bits per heavy atom. The fourth-order valence-electron chi connectivity index (χ4n) is 1.56. The molecule has 1 atom stereocenters. The highest BCUT2D eigenvalue weighted by atomic mass is 35.5. The maximum atomic E-state index is 11.6. The molecular weight excluding hydrogens is 297 g/mol. The number of nitrogens with zero attached hydrogens (tertiary/aromatic N) is 1. The van der Waals surface area contributed by atoms with Gasteiger partial charge in [0.25, 0.3) is 0 Å². The van der Waals surface area contributed by atoms with Crippen LogP contribution in [-0.4, -0.2) is 36.7 Å². The molecule has 0 radical (unpaired) electrons. The molecule has 2 rings (SSSR count). The van der Waals surface area contributed by atoms with Gasteiger partial charge in [-0.3, -0.25) is 4.79 Å². The summed E-state index contributed by atoms with van der Waals surface area (Å²) in [5.74, 6) is 0.0380. The largest absolute Gasteiger partial charge is 0.378 e. The van der Waals surface area contributed by atoms with Crippen LogP contribution >= 0.6 is 36.2 Å². The summed E-state index contributed by atoms with van der Waals surface area (Å²) < 4.78 is 5.28. The molecule has 5 nitrogen and oxygen atoms in total. The van der Waals surface area contributed by atoms with E-state index in [4.69, 9.17) is 4.74 Å². The first-order valence-electron chi connectivity index (χ1n) is 5.29. The van der Waals surface area contributed by atoms with Crippen molar-refractivity contribution in [3.8, 4) is 0 Å². The quantitative estimate of drug-likeness (QED) is 0.870. The number of halogens is 2. The zero-order valence-electron chi connectivity index (χ0n) is 9.76. The molecule has 1 aliphatic heterocycles. The summed E-state index contributed by atoms with van der Waals surface area (Å²) in [5.41, 5.74) is 2.67. The van der Waals surface area contributed by atoms with Crippen LogP contribution < -0.4 is 10.6 Å². The van der Waals surface area contributed by atoms with Gasteiger partial charge < -0.3 is 15.4 Å². The molecule has 8 heteroatoms. The topological polar surface area (TPSA) is 63.2 Å². The average Bonchev–Trinajstić information content (AvgIpc) is 2.81. The number of hydrogen-bond acceptors (Lipinski definition) is 5. The van der Waals surface area contributed by atoms with E-state index in [0.717, 1.165) is 18.8 Å². The molecule has 1 aromatic rings. The molecule has 1 saturated heterocycles. The van der Waals surface area contributed by atoms with Gasteiger partial charge in [0.2, 0.25) is 5.91 Å². The number of hydrogen-bond donors (Lipinski definition) is 2. The molecule has 18 heavy (non-hydrogen) atoms. The van der Waals surface area contributed by atoms with Crippen LogP contribution in [0.25, 0.3) is 0 Å². The Balaban J connectivity index is 0.00000144. The number of carbonyl (C=O) groups excluding carboxylic acids is 1. The first kappa shape index (κ1) is 17.6. The van der Waals surface area contributed by atoms with Crippen molar-refractivity contribution in [1.82, 2.24) is 15.6 Å². The zero-order chi connectivity index (χ0) is 11.2. The summed E-state index contributed by atoms with van der Waals surface area (Å²) in [4.78, 5) is 15.7. The van der Waals surface area contributed by atoms with Crippen LogP contribution in [0.4, 0.5) is 0 Å². The summed E-state index contributed by atoms with van der Waals surface area (Å²) in [6.07, 6.45) is 0.462. The van der Waals surface area contributed by atoms with E-state index in [2.05, 4.69) is 15.6 Å². The monoisotopic (exact) mass is 313 g/mol. The van der Waals surface area contributed by atoms with E-state index in [9.17, 15) is 4.79 Å². The molecule has 0 spiro atoms. The molecule has 1 unspecified atom stereocenters. The van der Waals surface area contributed by atoms with Gasteiger partial charge >= 0.3 is 0 Å². The Kier molecular flexibility index (Phi) is 9.31. The summed E-state index contributed by atoms with van der Waals surface area (Å²) in [6.45, 7) is 2.68. The standard InChI is InChI=1S/C10H15N3O2S.2ClH/c14-10(3-8-5-15-2-1-11-8)12-4-9-6-16-7-13-9;;/h6-8,11H,1-5H2,(H,12,14);2*1H. The third-order valence-corrected chi connectivity index (χ3v) is 3.02. The molecule has 2 N–H and O–H groups in total. The summed E-state index contributed by atoms with van der Waals surface area (Å²) in [7, 11) is 0. The van der Waals surface area contributed by atoms with E-state index in [1.165, 1.54) is 11.3 Å². The molecule has 0 bridgehead atoms. The van der Waals surface area contributed by atoms with Gasteiger partial charge in [0.15, 0.2) is 0 Å². The van der Waals surface area contributed by atoms with Crippen LogP contribution in [0.1, 0.15) is 12.1 Å². The third kappa shape index (κ3) is 5.97. The van der Waals surface area contributed by atoms with Crippen LogP contribution in [0.3, 0.4) is 0 Å². The molecule has 1 aromatic heterocycles. The van der Waals surface area contributed by atoms with E-state index < -0.39 is 0 Å². The highest BCUT2D eigenvalue weighted by Crippen LogP contribution is 2.01. The zero-order valence-corrected chi connectivity index (χ0v) is 12.2. The van der Waals surface area contributed by atoms with E-state index >= 15 is 0 Å². The Morgan fingerprint density at radius 3 is 3.06 bits per heavy atom. The van der Waals surface area contributed by atoms with Crippen molar-refractivity contribution in [2.45, 2.75) is 19.0 Å². The summed E-state index contributed by atoms with van der Waals surface area (Å²) in [5, 5.41) is 8.02. The lowest BCUT2D eigenvalue weighted by molar-refractivity contribution is -0.122. The summed E-state index contributed by atoms with van der Waals surface area (Å²) in [6, 6.07) is 0.143. The van der Waals surface area contributed by atoms with Crippen molar-refractivity contribution in [3.63, 3.8) is 0 Å². The van der Waals surface area contributed by atoms with Gasteiger partial charge in [-0.1, -0.05) is 0 Å². The second kappa shape index (κ2) is 9.52. The molecule has 1 amide bonds. The minimum Gasteiger partial charge on any atom is -0.378 e. The maximum absolute atomic E-state index is 11.6. The Morgan fingerprint density at radius 2 is 2.44 bits per heavy atom. The van der Waals surface area contributed by atoms with E-state index in [0.29, 0.717) is 19.6 Å². The number of amides is 1. The molecule has 1 aliphatic rings. The Labute approximate surface area is 123 Å². The van der Waals surface area contributed by atoms with Gasteiger partial charge in [-0.2, -0.15) is 0 Å². The fraction of sp³-hybridized carbons (Fsp3) is 0.600. The summed E-state index contributed by atoms with van der Waals surface area (Å²) >= 11 is 1.53. The van der Waals surface area contributed by atoms with Crippen LogP contribution in [0.5, 0.6) is 0 Å². The van der Waals surface area contributed by atoms with E-state index in [1.54, 1.807) is 5.51 Å². The molecule has 0 saturated carbocycles. The number of rotatable bonds is 4. The van der Waals surface area contributed by atoms with Crippen molar-refractivity contribution in [1.29, 1.82) is 0 Å². The maximum Gasteiger partial charge on any atom is 0.221 e. The van der Waals surface area contributed by atoms with Gasteiger partial charge in [-0.25, -0.2) is 4.98 Å². The Hall–Kier alpha value is -0.400. The first-order chi connectivity index (χ1) is 7.84. The number of thiazole rings is 1. The fourth-order valence-corrected chi connectivity index (χ4v) is 2.12.